The zero-order chi connectivity index (χ0) is 16.8. The van der Waals surface area contributed by atoms with Gasteiger partial charge < -0.3 is 5.11 Å². The fourth-order valence-corrected chi connectivity index (χ4v) is 2.69. The molecule has 0 saturated carbocycles. The van der Waals surface area contributed by atoms with E-state index in [1.165, 1.54) is 11.6 Å². The molecule has 118 valence electrons. The highest BCUT2D eigenvalue weighted by Gasteiger charge is 2.30. The maximum Gasteiger partial charge on any atom is 0.0914 e. The minimum absolute atomic E-state index is 0.113. The fraction of sp³-hybridized carbons (Fsp3) is 0.450. The first-order chi connectivity index (χ1) is 10.3. The van der Waals surface area contributed by atoms with Gasteiger partial charge in [0.1, 0.15) is 0 Å². The molecule has 0 aromatic carbocycles. The second-order valence-corrected chi connectivity index (χ2v) is 6.66. The molecule has 0 fully saturated rings. The molecule has 1 aliphatic carbocycles. The van der Waals surface area contributed by atoms with Gasteiger partial charge in [-0.1, -0.05) is 49.8 Å². The number of rotatable bonds is 4. The summed E-state index contributed by atoms with van der Waals surface area (Å²) >= 11 is 0. The minimum atomic E-state index is -0.310. The van der Waals surface area contributed by atoms with Crippen LogP contribution in [0.3, 0.4) is 0 Å². The Morgan fingerprint density at radius 3 is 2.59 bits per heavy atom. The molecule has 2 heteroatoms. The summed E-state index contributed by atoms with van der Waals surface area (Å²) in [5, 5.41) is 18.6. The number of allylic oxidation sites excluding steroid dienone is 9. The van der Waals surface area contributed by atoms with Gasteiger partial charge in [-0.15, -0.1) is 0 Å². The molecular weight excluding hydrogens is 270 g/mol. The number of nitrogens with zero attached hydrogens (tertiary/aromatic N) is 1. The molecule has 0 bridgehead atoms. The Morgan fingerprint density at radius 1 is 1.27 bits per heavy atom. The van der Waals surface area contributed by atoms with Crippen molar-refractivity contribution >= 4 is 0 Å². The Hall–Kier alpha value is -1.85. The molecule has 1 aliphatic rings. The van der Waals surface area contributed by atoms with Crippen LogP contribution in [-0.4, -0.2) is 11.2 Å². The van der Waals surface area contributed by atoms with Gasteiger partial charge in [0.25, 0.3) is 0 Å². The Balaban J connectivity index is 2.89. The largest absolute Gasteiger partial charge is 0.389 e. The SMILES string of the molecule is CC1=C(/C=C/C(C)=C/C=C/C(C)=C/C#N)C(C)(C)CCC1O. The molecule has 1 N–H and O–H groups in total. The van der Waals surface area contributed by atoms with Crippen LogP contribution in [0.2, 0.25) is 0 Å². The summed E-state index contributed by atoms with van der Waals surface area (Å²) in [5.41, 5.74) is 4.51. The molecule has 1 rings (SSSR count). The highest BCUT2D eigenvalue weighted by atomic mass is 16.3. The van der Waals surface area contributed by atoms with E-state index < -0.39 is 0 Å². The molecule has 2 nitrogen and oxygen atoms in total. The lowest BCUT2D eigenvalue weighted by molar-refractivity contribution is 0.163. The lowest BCUT2D eigenvalue weighted by Crippen LogP contribution is -2.27. The summed E-state index contributed by atoms with van der Waals surface area (Å²) < 4.78 is 0. The van der Waals surface area contributed by atoms with E-state index in [0.29, 0.717) is 0 Å². The molecule has 0 amide bonds. The zero-order valence-electron chi connectivity index (χ0n) is 14.4. The van der Waals surface area contributed by atoms with E-state index in [1.807, 2.05) is 45.1 Å². The highest BCUT2D eigenvalue weighted by Crippen LogP contribution is 2.40. The lowest BCUT2D eigenvalue weighted by atomic mass is 9.71. The van der Waals surface area contributed by atoms with E-state index in [9.17, 15) is 5.11 Å². The van der Waals surface area contributed by atoms with Crippen LogP contribution in [0.5, 0.6) is 0 Å². The molecule has 0 radical (unpaired) electrons. The Labute approximate surface area is 134 Å². The van der Waals surface area contributed by atoms with Crippen molar-refractivity contribution in [2.24, 2.45) is 5.41 Å². The predicted octanol–water partition coefficient (Wildman–Crippen LogP) is 5.01. The van der Waals surface area contributed by atoms with Crippen LogP contribution in [0.15, 0.2) is 58.7 Å². The molecule has 22 heavy (non-hydrogen) atoms. The molecule has 1 atom stereocenters. The zero-order valence-corrected chi connectivity index (χ0v) is 14.4. The summed E-state index contributed by atoms with van der Waals surface area (Å²) in [6.07, 6.45) is 13.2. The summed E-state index contributed by atoms with van der Waals surface area (Å²) in [6, 6.07) is 2.01. The van der Waals surface area contributed by atoms with E-state index in [1.54, 1.807) is 0 Å². The molecule has 0 aromatic rings. The van der Waals surface area contributed by atoms with Gasteiger partial charge in [-0.25, -0.2) is 0 Å². The predicted molar refractivity (Wildman–Crippen MR) is 93.1 cm³/mol. The molecule has 0 saturated heterocycles. The van der Waals surface area contributed by atoms with Crippen LogP contribution >= 0.6 is 0 Å². The van der Waals surface area contributed by atoms with Crippen LogP contribution in [-0.2, 0) is 0 Å². The summed E-state index contributed by atoms with van der Waals surface area (Å²) in [5.74, 6) is 0. The van der Waals surface area contributed by atoms with Crippen molar-refractivity contribution in [2.45, 2.75) is 53.6 Å². The van der Waals surface area contributed by atoms with Gasteiger partial charge in [-0.3, -0.25) is 0 Å². The maximum atomic E-state index is 10.0. The van der Waals surface area contributed by atoms with Gasteiger partial charge in [0.05, 0.1) is 12.2 Å². The summed E-state index contributed by atoms with van der Waals surface area (Å²) in [6.45, 7) is 10.4. The third-order valence-corrected chi connectivity index (χ3v) is 4.22. The Kier molecular flexibility index (Phi) is 6.59. The average Bonchev–Trinajstić information content (AvgIpc) is 2.43. The Bertz CT molecular complexity index is 592. The van der Waals surface area contributed by atoms with Gasteiger partial charge in [0.2, 0.25) is 0 Å². The standard InChI is InChI=1S/C20H27NO/c1-15(7-6-8-16(2)12-14-21)9-10-18-17(3)19(22)11-13-20(18,4)5/h6-10,12,19,22H,11,13H2,1-5H3/b8-6+,10-9+,15-7+,16-12+. The topological polar surface area (TPSA) is 44.0 Å². The van der Waals surface area contributed by atoms with E-state index in [0.717, 1.165) is 29.6 Å². The Morgan fingerprint density at radius 2 is 1.95 bits per heavy atom. The first-order valence-corrected chi connectivity index (χ1v) is 7.76. The van der Waals surface area contributed by atoms with E-state index in [-0.39, 0.29) is 11.5 Å². The monoisotopic (exact) mass is 297 g/mol. The van der Waals surface area contributed by atoms with E-state index in [4.69, 9.17) is 5.26 Å². The smallest absolute Gasteiger partial charge is 0.0914 e. The summed E-state index contributed by atoms with van der Waals surface area (Å²) in [4.78, 5) is 0. The summed E-state index contributed by atoms with van der Waals surface area (Å²) in [7, 11) is 0. The van der Waals surface area contributed by atoms with Crippen molar-refractivity contribution in [3.05, 3.63) is 58.7 Å². The number of aliphatic hydroxyl groups is 1. The van der Waals surface area contributed by atoms with Crippen LogP contribution in [0, 0.1) is 16.7 Å². The van der Waals surface area contributed by atoms with Gasteiger partial charge >= 0.3 is 0 Å². The maximum absolute atomic E-state index is 10.0. The molecular formula is C20H27NO. The van der Waals surface area contributed by atoms with Gasteiger partial charge in [0, 0.05) is 6.08 Å². The van der Waals surface area contributed by atoms with Crippen molar-refractivity contribution in [1.29, 1.82) is 5.26 Å². The second-order valence-electron chi connectivity index (χ2n) is 6.66. The van der Waals surface area contributed by atoms with Crippen LogP contribution in [0.1, 0.15) is 47.5 Å². The third-order valence-electron chi connectivity index (χ3n) is 4.22. The second kappa shape index (κ2) is 7.96. The highest BCUT2D eigenvalue weighted by molar-refractivity contribution is 5.38. The third kappa shape index (κ3) is 5.16. The van der Waals surface area contributed by atoms with Gasteiger partial charge in [-0.2, -0.15) is 5.26 Å². The van der Waals surface area contributed by atoms with Crippen LogP contribution in [0.4, 0.5) is 0 Å². The number of aliphatic hydroxyl groups excluding tert-OH is 1. The van der Waals surface area contributed by atoms with Gasteiger partial charge in [-0.05, 0) is 55.7 Å². The number of hydrogen-bond donors (Lipinski definition) is 1. The van der Waals surface area contributed by atoms with Gasteiger partial charge in [0.15, 0.2) is 0 Å². The van der Waals surface area contributed by atoms with Crippen molar-refractivity contribution in [3.8, 4) is 6.07 Å². The normalized spacial score (nSPS) is 23.4. The van der Waals surface area contributed by atoms with Crippen LogP contribution < -0.4 is 0 Å². The first kappa shape index (κ1) is 18.2. The van der Waals surface area contributed by atoms with E-state index in [2.05, 4.69) is 26.0 Å². The molecule has 0 spiro atoms. The minimum Gasteiger partial charge on any atom is -0.389 e. The molecule has 1 unspecified atom stereocenters. The quantitative estimate of drug-likeness (QED) is 0.585. The number of hydrogen-bond acceptors (Lipinski definition) is 2. The van der Waals surface area contributed by atoms with Crippen molar-refractivity contribution < 1.29 is 5.11 Å². The molecule has 0 aliphatic heterocycles. The average molecular weight is 297 g/mol. The van der Waals surface area contributed by atoms with E-state index >= 15 is 0 Å². The number of nitriles is 1. The first-order valence-electron chi connectivity index (χ1n) is 7.76. The molecule has 0 heterocycles. The molecule has 0 aromatic heterocycles. The van der Waals surface area contributed by atoms with Crippen molar-refractivity contribution in [3.63, 3.8) is 0 Å². The fourth-order valence-electron chi connectivity index (χ4n) is 2.69. The lowest BCUT2D eigenvalue weighted by Gasteiger charge is -2.35. The van der Waals surface area contributed by atoms with Crippen molar-refractivity contribution in [1.82, 2.24) is 0 Å². The van der Waals surface area contributed by atoms with Crippen molar-refractivity contribution in [2.75, 3.05) is 0 Å². The van der Waals surface area contributed by atoms with Crippen LogP contribution in [0.25, 0.3) is 0 Å².